The number of aryl methyl sites for hydroxylation is 1. The summed E-state index contributed by atoms with van der Waals surface area (Å²) < 4.78 is 2.06. The minimum Gasteiger partial charge on any atom is -0.327 e. The average molecular weight is 263 g/mol. The molecule has 3 nitrogen and oxygen atoms in total. The Kier molecular flexibility index (Phi) is 4.34. The lowest BCUT2D eigenvalue weighted by atomic mass is 9.64. The third kappa shape index (κ3) is 3.02. The van der Waals surface area contributed by atoms with Gasteiger partial charge < -0.3 is 5.73 Å². The molecule has 108 valence electrons. The fraction of sp³-hybridized carbons (Fsp3) is 0.812. The zero-order valence-corrected chi connectivity index (χ0v) is 12.9. The largest absolute Gasteiger partial charge is 0.327 e. The molecule has 1 heterocycles. The molecule has 1 aliphatic carbocycles. The standard InChI is InChI=1S/C16H29N3/c1-5-8-19-11-13(10-18-19)16(3,4)14-7-6-12(2)9-15(14)17/h10-12,14-15H,5-9,17H2,1-4H3. The van der Waals surface area contributed by atoms with Crippen molar-refractivity contribution in [3.05, 3.63) is 18.0 Å². The number of rotatable bonds is 4. The van der Waals surface area contributed by atoms with E-state index in [1.54, 1.807) is 0 Å². The van der Waals surface area contributed by atoms with Gasteiger partial charge in [-0.15, -0.1) is 0 Å². The van der Waals surface area contributed by atoms with E-state index in [0.717, 1.165) is 25.3 Å². The van der Waals surface area contributed by atoms with Gasteiger partial charge in [-0.25, -0.2) is 0 Å². The van der Waals surface area contributed by atoms with E-state index >= 15 is 0 Å². The zero-order valence-electron chi connectivity index (χ0n) is 12.9. The third-order valence-corrected chi connectivity index (χ3v) is 4.92. The first-order valence-corrected chi connectivity index (χ1v) is 7.73. The van der Waals surface area contributed by atoms with Crippen LogP contribution in [0.2, 0.25) is 0 Å². The Bertz CT molecular complexity index is 408. The Morgan fingerprint density at radius 2 is 2.16 bits per heavy atom. The molecular formula is C16H29N3. The number of hydrogen-bond donors (Lipinski definition) is 1. The highest BCUT2D eigenvalue weighted by Gasteiger charge is 2.38. The van der Waals surface area contributed by atoms with Crippen LogP contribution in [-0.4, -0.2) is 15.8 Å². The fourth-order valence-electron chi connectivity index (χ4n) is 3.58. The highest BCUT2D eigenvalue weighted by Crippen LogP contribution is 2.41. The highest BCUT2D eigenvalue weighted by atomic mass is 15.3. The Balaban J connectivity index is 2.15. The van der Waals surface area contributed by atoms with Crippen LogP contribution in [0.4, 0.5) is 0 Å². The SMILES string of the molecule is CCCn1cc(C(C)(C)C2CCC(C)CC2N)cn1. The van der Waals surface area contributed by atoms with Gasteiger partial charge >= 0.3 is 0 Å². The molecule has 1 aromatic rings. The van der Waals surface area contributed by atoms with Crippen LogP contribution in [0.1, 0.15) is 58.9 Å². The first kappa shape index (κ1) is 14.6. The van der Waals surface area contributed by atoms with Gasteiger partial charge in [0, 0.05) is 18.8 Å². The quantitative estimate of drug-likeness (QED) is 0.905. The van der Waals surface area contributed by atoms with Gasteiger partial charge in [-0.2, -0.15) is 5.10 Å². The molecule has 2 N–H and O–H groups in total. The maximum absolute atomic E-state index is 6.43. The van der Waals surface area contributed by atoms with Gasteiger partial charge in [-0.3, -0.25) is 4.68 Å². The van der Waals surface area contributed by atoms with E-state index in [4.69, 9.17) is 5.73 Å². The Labute approximate surface area is 117 Å². The molecule has 3 heteroatoms. The normalized spacial score (nSPS) is 28.6. The minimum absolute atomic E-state index is 0.131. The molecule has 0 amide bonds. The van der Waals surface area contributed by atoms with E-state index in [-0.39, 0.29) is 5.41 Å². The van der Waals surface area contributed by atoms with Crippen molar-refractivity contribution in [3.63, 3.8) is 0 Å². The maximum Gasteiger partial charge on any atom is 0.0527 e. The number of hydrogen-bond acceptors (Lipinski definition) is 2. The first-order valence-electron chi connectivity index (χ1n) is 7.73. The molecule has 0 aliphatic heterocycles. The molecule has 0 aromatic carbocycles. The summed E-state index contributed by atoms with van der Waals surface area (Å²) in [6, 6.07) is 0.327. The van der Waals surface area contributed by atoms with Crippen LogP contribution in [0.15, 0.2) is 12.4 Å². The summed E-state index contributed by atoms with van der Waals surface area (Å²) >= 11 is 0. The molecule has 0 radical (unpaired) electrons. The van der Waals surface area contributed by atoms with Crippen LogP contribution >= 0.6 is 0 Å². The van der Waals surface area contributed by atoms with Crippen LogP contribution < -0.4 is 5.73 Å². The van der Waals surface area contributed by atoms with Crippen molar-refractivity contribution in [2.45, 2.75) is 71.4 Å². The van der Waals surface area contributed by atoms with Crippen LogP contribution in [0, 0.1) is 11.8 Å². The summed E-state index contributed by atoms with van der Waals surface area (Å²) in [7, 11) is 0. The van der Waals surface area contributed by atoms with E-state index < -0.39 is 0 Å². The smallest absolute Gasteiger partial charge is 0.0527 e. The zero-order chi connectivity index (χ0) is 14.0. The number of aromatic nitrogens is 2. The molecule has 2 rings (SSSR count). The molecule has 0 spiro atoms. The number of nitrogens with two attached hydrogens (primary N) is 1. The molecule has 19 heavy (non-hydrogen) atoms. The first-order chi connectivity index (χ1) is 8.95. The molecule has 1 saturated carbocycles. The van der Waals surface area contributed by atoms with Crippen LogP contribution in [-0.2, 0) is 12.0 Å². The third-order valence-electron chi connectivity index (χ3n) is 4.92. The lowest BCUT2D eigenvalue weighted by molar-refractivity contribution is 0.171. The van der Waals surface area contributed by atoms with E-state index in [9.17, 15) is 0 Å². The molecule has 0 saturated heterocycles. The topological polar surface area (TPSA) is 43.8 Å². The van der Waals surface area contributed by atoms with Gasteiger partial charge in [-0.1, -0.05) is 34.1 Å². The predicted octanol–water partition coefficient (Wildman–Crippen LogP) is 3.33. The minimum atomic E-state index is 0.131. The van der Waals surface area contributed by atoms with Crippen molar-refractivity contribution in [2.75, 3.05) is 0 Å². The molecular weight excluding hydrogens is 234 g/mol. The summed E-state index contributed by atoms with van der Waals surface area (Å²) in [6.45, 7) is 10.2. The van der Waals surface area contributed by atoms with Crippen LogP contribution in [0.5, 0.6) is 0 Å². The molecule has 0 bridgehead atoms. The van der Waals surface area contributed by atoms with Crippen molar-refractivity contribution in [1.29, 1.82) is 0 Å². The van der Waals surface area contributed by atoms with Crippen molar-refractivity contribution in [2.24, 2.45) is 17.6 Å². The predicted molar refractivity (Wildman–Crippen MR) is 80.0 cm³/mol. The second kappa shape index (κ2) is 5.66. The van der Waals surface area contributed by atoms with Gasteiger partial charge in [-0.05, 0) is 42.1 Å². The lowest BCUT2D eigenvalue weighted by Crippen LogP contribution is -2.45. The summed E-state index contributed by atoms with van der Waals surface area (Å²) in [5, 5.41) is 4.48. The Morgan fingerprint density at radius 1 is 1.42 bits per heavy atom. The molecule has 3 atom stereocenters. The fourth-order valence-corrected chi connectivity index (χ4v) is 3.58. The Morgan fingerprint density at radius 3 is 2.79 bits per heavy atom. The van der Waals surface area contributed by atoms with Gasteiger partial charge in [0.25, 0.3) is 0 Å². The molecule has 1 aromatic heterocycles. The lowest BCUT2D eigenvalue weighted by Gasteiger charge is -2.42. The summed E-state index contributed by atoms with van der Waals surface area (Å²) in [4.78, 5) is 0. The summed E-state index contributed by atoms with van der Waals surface area (Å²) in [5.74, 6) is 1.35. The summed E-state index contributed by atoms with van der Waals surface area (Å²) in [6.07, 6.45) is 9.10. The van der Waals surface area contributed by atoms with Gasteiger partial charge in [0.1, 0.15) is 0 Å². The van der Waals surface area contributed by atoms with E-state index in [1.807, 2.05) is 6.20 Å². The van der Waals surface area contributed by atoms with Crippen molar-refractivity contribution in [1.82, 2.24) is 9.78 Å². The van der Waals surface area contributed by atoms with Gasteiger partial charge in [0.05, 0.1) is 6.20 Å². The van der Waals surface area contributed by atoms with E-state index in [0.29, 0.717) is 12.0 Å². The summed E-state index contributed by atoms with van der Waals surface area (Å²) in [5.41, 5.74) is 7.91. The van der Waals surface area contributed by atoms with Crippen LogP contribution in [0.25, 0.3) is 0 Å². The second-order valence-corrected chi connectivity index (χ2v) is 6.90. The molecule has 1 fully saturated rings. The molecule has 3 unspecified atom stereocenters. The monoisotopic (exact) mass is 263 g/mol. The van der Waals surface area contributed by atoms with Gasteiger partial charge in [0.15, 0.2) is 0 Å². The number of nitrogens with zero attached hydrogens (tertiary/aromatic N) is 2. The Hall–Kier alpha value is -0.830. The maximum atomic E-state index is 6.43. The average Bonchev–Trinajstić information content (AvgIpc) is 2.78. The van der Waals surface area contributed by atoms with Gasteiger partial charge in [0.2, 0.25) is 0 Å². The molecule has 1 aliphatic rings. The second-order valence-electron chi connectivity index (χ2n) is 6.90. The van der Waals surface area contributed by atoms with Crippen molar-refractivity contribution >= 4 is 0 Å². The van der Waals surface area contributed by atoms with Crippen molar-refractivity contribution in [3.8, 4) is 0 Å². The van der Waals surface area contributed by atoms with E-state index in [1.165, 1.54) is 18.4 Å². The van der Waals surface area contributed by atoms with E-state index in [2.05, 4.69) is 43.7 Å². The van der Waals surface area contributed by atoms with Crippen molar-refractivity contribution < 1.29 is 0 Å². The highest BCUT2D eigenvalue weighted by molar-refractivity contribution is 5.20. The van der Waals surface area contributed by atoms with Crippen LogP contribution in [0.3, 0.4) is 0 Å².